The monoisotopic (exact) mass is 222 g/mol. The minimum Gasteiger partial charge on any atom is -0.747 e. The molecule has 0 amide bonds. The van der Waals surface area contributed by atoms with Gasteiger partial charge in [-0.05, 0) is 0 Å². The van der Waals surface area contributed by atoms with Crippen LogP contribution < -0.4 is 10.2 Å². The molecule has 0 bridgehead atoms. The first-order valence-electron chi connectivity index (χ1n) is 2.60. The molecule has 0 rings (SSSR count). The smallest absolute Gasteiger partial charge is 0.747 e. The second-order valence-corrected chi connectivity index (χ2v) is 3.43. The number of hydrogen-bond donors (Lipinski definition) is 0. The summed E-state index contributed by atoms with van der Waals surface area (Å²) in [5.74, 6) is -4.18. The third-order valence-electron chi connectivity index (χ3n) is 0.963. The SMILES string of the molecule is O=C([O-])CC(C(=O)[O-])S(=O)(=O)[O-].[Al+3]. The molecule has 0 heterocycles. The summed E-state index contributed by atoms with van der Waals surface area (Å²) in [4.78, 5) is 19.7. The van der Waals surface area contributed by atoms with Gasteiger partial charge >= 0.3 is 17.4 Å². The molecule has 0 aromatic rings. The summed E-state index contributed by atoms with van der Waals surface area (Å²) in [6.45, 7) is 0. The number of carboxylic acid groups (broad SMARTS) is 2. The first-order chi connectivity index (χ1) is 5.25. The van der Waals surface area contributed by atoms with Crippen molar-refractivity contribution in [3.63, 3.8) is 0 Å². The van der Waals surface area contributed by atoms with Gasteiger partial charge < -0.3 is 24.4 Å². The van der Waals surface area contributed by atoms with Crippen LogP contribution in [-0.2, 0) is 19.7 Å². The van der Waals surface area contributed by atoms with Crippen molar-refractivity contribution in [1.29, 1.82) is 0 Å². The van der Waals surface area contributed by atoms with E-state index >= 15 is 0 Å². The van der Waals surface area contributed by atoms with E-state index in [1.807, 2.05) is 0 Å². The Labute approximate surface area is 84.2 Å². The minimum absolute atomic E-state index is 0. The fraction of sp³-hybridized carbons (Fsp3) is 0.500. The molecule has 7 nitrogen and oxygen atoms in total. The second kappa shape index (κ2) is 5.19. The van der Waals surface area contributed by atoms with Crippen LogP contribution >= 0.6 is 0 Å². The molecule has 0 fully saturated rings. The Kier molecular flexibility index (Phi) is 5.94. The van der Waals surface area contributed by atoms with Crippen LogP contribution in [0, 0.1) is 0 Å². The van der Waals surface area contributed by atoms with Gasteiger partial charge in [0.1, 0.15) is 10.1 Å². The molecule has 0 aliphatic carbocycles. The van der Waals surface area contributed by atoms with Crippen molar-refractivity contribution in [2.24, 2.45) is 0 Å². The van der Waals surface area contributed by atoms with E-state index in [9.17, 15) is 32.8 Å². The van der Waals surface area contributed by atoms with Crippen LogP contribution in [0.15, 0.2) is 0 Å². The van der Waals surface area contributed by atoms with Crippen molar-refractivity contribution >= 4 is 39.4 Å². The van der Waals surface area contributed by atoms with Gasteiger partial charge in [-0.1, -0.05) is 0 Å². The van der Waals surface area contributed by atoms with Crippen molar-refractivity contribution in [3.8, 4) is 0 Å². The van der Waals surface area contributed by atoms with Crippen molar-refractivity contribution in [2.75, 3.05) is 0 Å². The van der Waals surface area contributed by atoms with Crippen LogP contribution in [0.1, 0.15) is 6.42 Å². The maximum Gasteiger partial charge on any atom is 3.00 e. The van der Waals surface area contributed by atoms with Gasteiger partial charge in [0.25, 0.3) is 0 Å². The molecule has 0 aliphatic rings. The molecule has 0 spiro atoms. The Balaban J connectivity index is 0. The van der Waals surface area contributed by atoms with Crippen LogP contribution in [-0.4, -0.2) is 47.5 Å². The molecule has 0 N–H and O–H groups in total. The van der Waals surface area contributed by atoms with E-state index < -0.39 is 33.7 Å². The van der Waals surface area contributed by atoms with Crippen molar-refractivity contribution < 1.29 is 32.8 Å². The third kappa shape index (κ3) is 5.59. The van der Waals surface area contributed by atoms with Gasteiger partial charge in [0.15, 0.2) is 0 Å². The molecule has 1 unspecified atom stereocenters. The Hall–Kier alpha value is -0.618. The second-order valence-electron chi connectivity index (χ2n) is 1.88. The van der Waals surface area contributed by atoms with Gasteiger partial charge in [-0.25, -0.2) is 8.42 Å². The van der Waals surface area contributed by atoms with E-state index in [1.54, 1.807) is 0 Å². The first kappa shape index (κ1) is 14.9. The van der Waals surface area contributed by atoms with Crippen LogP contribution in [0.3, 0.4) is 0 Å². The normalized spacial score (nSPS) is 12.7. The molecule has 0 aromatic carbocycles. The number of carboxylic acids is 2. The maximum atomic E-state index is 10.0. The molecule has 0 radical (unpaired) electrons. The Morgan fingerprint density at radius 3 is 1.69 bits per heavy atom. The van der Waals surface area contributed by atoms with Crippen LogP contribution in [0.4, 0.5) is 0 Å². The summed E-state index contributed by atoms with van der Waals surface area (Å²) in [5, 5.41) is 17.1. The fourth-order valence-corrected chi connectivity index (χ4v) is 1.03. The molecular weight excluding hydrogens is 219 g/mol. The largest absolute Gasteiger partial charge is 3.00 e. The fourth-order valence-electron chi connectivity index (χ4n) is 0.455. The number of hydrogen-bond acceptors (Lipinski definition) is 7. The zero-order valence-electron chi connectivity index (χ0n) is 6.13. The number of carbonyl (C=O) groups is 2. The van der Waals surface area contributed by atoms with E-state index in [4.69, 9.17) is 0 Å². The maximum absolute atomic E-state index is 10.0. The Morgan fingerprint density at radius 1 is 1.23 bits per heavy atom. The van der Waals surface area contributed by atoms with Gasteiger partial charge in [-0.15, -0.1) is 0 Å². The first-order valence-corrected chi connectivity index (χ1v) is 4.07. The predicted octanol–water partition coefficient (Wildman–Crippen LogP) is -4.59. The molecule has 0 aromatic heterocycles. The number of aliphatic carboxylic acids is 2. The number of carbonyl (C=O) groups excluding carboxylic acids is 2. The zero-order chi connectivity index (χ0) is 9.94. The van der Waals surface area contributed by atoms with Gasteiger partial charge in [0, 0.05) is 12.4 Å². The minimum atomic E-state index is -5.19. The summed E-state index contributed by atoms with van der Waals surface area (Å²) in [5.41, 5.74) is 0. The molecular formula is C4H3AlO7S. The molecule has 1 atom stereocenters. The quantitative estimate of drug-likeness (QED) is 0.344. The zero-order valence-corrected chi connectivity index (χ0v) is 8.10. The summed E-state index contributed by atoms with van der Waals surface area (Å²) in [6.07, 6.45) is -1.39. The van der Waals surface area contributed by atoms with E-state index in [0.29, 0.717) is 0 Å². The van der Waals surface area contributed by atoms with Crippen LogP contribution in [0.25, 0.3) is 0 Å². The molecule has 0 saturated carbocycles. The molecule has 9 heteroatoms. The average molecular weight is 222 g/mol. The summed E-state index contributed by atoms with van der Waals surface area (Å²) in [6, 6.07) is 0. The summed E-state index contributed by atoms with van der Waals surface area (Å²) >= 11 is 0. The predicted molar refractivity (Wildman–Crippen MR) is 33.9 cm³/mol. The standard InChI is InChI=1S/C4H6O7S.Al/c5-3(6)1-2(4(7)8)12(9,10)11;/h2H,1H2,(H,5,6)(H,7,8)(H,9,10,11);/q;+3/p-3. The summed E-state index contributed by atoms with van der Waals surface area (Å²) in [7, 11) is -5.19. The number of rotatable bonds is 4. The Bertz CT molecular complexity index is 294. The van der Waals surface area contributed by atoms with Crippen molar-refractivity contribution in [1.82, 2.24) is 0 Å². The van der Waals surface area contributed by atoms with E-state index in [0.717, 1.165) is 0 Å². The topological polar surface area (TPSA) is 137 Å². The molecule has 0 aliphatic heterocycles. The third-order valence-corrected chi connectivity index (χ3v) is 2.02. The van der Waals surface area contributed by atoms with Crippen LogP contribution in [0.2, 0.25) is 0 Å². The average Bonchev–Trinajstić information content (AvgIpc) is 1.79. The van der Waals surface area contributed by atoms with E-state index in [2.05, 4.69) is 0 Å². The van der Waals surface area contributed by atoms with Crippen molar-refractivity contribution in [2.45, 2.75) is 11.7 Å². The van der Waals surface area contributed by atoms with Gasteiger partial charge in [0.2, 0.25) is 0 Å². The van der Waals surface area contributed by atoms with Crippen LogP contribution in [0.5, 0.6) is 0 Å². The van der Waals surface area contributed by atoms with Crippen molar-refractivity contribution in [3.05, 3.63) is 0 Å². The Morgan fingerprint density at radius 2 is 1.62 bits per heavy atom. The molecule has 13 heavy (non-hydrogen) atoms. The van der Waals surface area contributed by atoms with Gasteiger partial charge in [-0.2, -0.15) is 0 Å². The summed E-state index contributed by atoms with van der Waals surface area (Å²) < 4.78 is 30.1. The van der Waals surface area contributed by atoms with Gasteiger partial charge in [0.05, 0.1) is 11.2 Å². The van der Waals surface area contributed by atoms with Gasteiger partial charge in [-0.3, -0.25) is 0 Å². The van der Waals surface area contributed by atoms with E-state index in [1.165, 1.54) is 0 Å². The van der Waals surface area contributed by atoms with E-state index in [-0.39, 0.29) is 17.4 Å². The molecule has 0 saturated heterocycles. The molecule has 70 valence electrons.